The van der Waals surface area contributed by atoms with Gasteiger partial charge < -0.3 is 10.2 Å². The third-order valence-electron chi connectivity index (χ3n) is 3.08. The third-order valence-corrected chi connectivity index (χ3v) is 4.87. The van der Waals surface area contributed by atoms with Crippen molar-refractivity contribution in [3.8, 4) is 0 Å². The summed E-state index contributed by atoms with van der Waals surface area (Å²) in [6.45, 7) is -0.869. The molecule has 126 valence electrons. The molecular formula is C15H12FNO6S. The highest BCUT2D eigenvalue weighted by atomic mass is 32.2. The van der Waals surface area contributed by atoms with Gasteiger partial charge in [-0.15, -0.1) is 0 Å². The van der Waals surface area contributed by atoms with E-state index in [0.29, 0.717) is 4.31 Å². The van der Waals surface area contributed by atoms with E-state index in [4.69, 9.17) is 10.2 Å². The molecule has 0 atom stereocenters. The average molecular weight is 353 g/mol. The molecule has 0 unspecified atom stereocenters. The molecule has 0 amide bonds. The Morgan fingerprint density at radius 2 is 1.50 bits per heavy atom. The zero-order chi connectivity index (χ0) is 17.9. The summed E-state index contributed by atoms with van der Waals surface area (Å²) in [4.78, 5) is 21.6. The van der Waals surface area contributed by atoms with Crippen LogP contribution in [0.2, 0.25) is 0 Å². The molecule has 7 nitrogen and oxygen atoms in total. The monoisotopic (exact) mass is 353 g/mol. The molecule has 0 bridgehead atoms. The van der Waals surface area contributed by atoms with E-state index in [9.17, 15) is 22.4 Å². The Balaban J connectivity index is 2.49. The van der Waals surface area contributed by atoms with Crippen molar-refractivity contribution in [1.29, 1.82) is 0 Å². The van der Waals surface area contributed by atoms with E-state index in [1.54, 1.807) is 0 Å². The fourth-order valence-electron chi connectivity index (χ4n) is 1.94. The summed E-state index contributed by atoms with van der Waals surface area (Å²) in [5, 5.41) is 17.8. The van der Waals surface area contributed by atoms with Crippen LogP contribution in [0.5, 0.6) is 0 Å². The molecule has 2 aromatic carbocycles. The first-order chi connectivity index (χ1) is 11.2. The number of benzene rings is 2. The summed E-state index contributed by atoms with van der Waals surface area (Å²) < 4.78 is 38.8. The highest BCUT2D eigenvalue weighted by molar-refractivity contribution is 7.92. The van der Waals surface area contributed by atoms with Gasteiger partial charge in [-0.3, -0.25) is 9.10 Å². The van der Waals surface area contributed by atoms with Gasteiger partial charge in [0.25, 0.3) is 10.0 Å². The summed E-state index contributed by atoms with van der Waals surface area (Å²) in [7, 11) is -4.26. The van der Waals surface area contributed by atoms with Crippen LogP contribution < -0.4 is 4.31 Å². The first kappa shape index (κ1) is 17.4. The molecule has 0 aliphatic heterocycles. The van der Waals surface area contributed by atoms with Crippen LogP contribution in [-0.2, 0) is 14.8 Å². The number of sulfonamides is 1. The molecule has 2 N–H and O–H groups in total. The van der Waals surface area contributed by atoms with Crippen molar-refractivity contribution in [2.45, 2.75) is 4.90 Å². The minimum Gasteiger partial charge on any atom is -0.480 e. The molecule has 0 saturated carbocycles. The van der Waals surface area contributed by atoms with E-state index in [-0.39, 0.29) is 16.1 Å². The molecule has 24 heavy (non-hydrogen) atoms. The SMILES string of the molecule is O=C(O)CN(c1ccc(C(=O)O)cc1)S(=O)(=O)c1ccc(F)cc1. The Morgan fingerprint density at radius 3 is 1.96 bits per heavy atom. The summed E-state index contributed by atoms with van der Waals surface area (Å²) in [5.41, 5.74) is -0.0973. The summed E-state index contributed by atoms with van der Waals surface area (Å²) in [6, 6.07) is 8.62. The van der Waals surface area contributed by atoms with Crippen molar-refractivity contribution in [3.63, 3.8) is 0 Å². The highest BCUT2D eigenvalue weighted by Gasteiger charge is 2.27. The quantitative estimate of drug-likeness (QED) is 0.819. The lowest BCUT2D eigenvalue weighted by molar-refractivity contribution is -0.135. The minimum atomic E-state index is -4.26. The molecular weight excluding hydrogens is 341 g/mol. The second-order valence-electron chi connectivity index (χ2n) is 4.71. The van der Waals surface area contributed by atoms with Crippen LogP contribution >= 0.6 is 0 Å². The van der Waals surface area contributed by atoms with Gasteiger partial charge in [-0.25, -0.2) is 17.6 Å². The molecule has 0 saturated heterocycles. The number of aromatic carboxylic acids is 1. The lowest BCUT2D eigenvalue weighted by atomic mass is 10.2. The van der Waals surface area contributed by atoms with Crippen molar-refractivity contribution in [3.05, 3.63) is 59.9 Å². The Hall–Kier alpha value is -2.94. The number of hydrogen-bond donors (Lipinski definition) is 2. The summed E-state index contributed by atoms with van der Waals surface area (Å²) in [6.07, 6.45) is 0. The maximum absolute atomic E-state index is 13.0. The smallest absolute Gasteiger partial charge is 0.335 e. The maximum atomic E-state index is 13.0. The predicted molar refractivity (Wildman–Crippen MR) is 82.0 cm³/mol. The van der Waals surface area contributed by atoms with Crippen LogP contribution in [0.3, 0.4) is 0 Å². The Bertz CT molecular complexity index is 862. The Morgan fingerprint density at radius 1 is 0.958 bits per heavy atom. The van der Waals surface area contributed by atoms with Crippen molar-refractivity contribution >= 4 is 27.6 Å². The first-order valence-corrected chi connectivity index (χ1v) is 7.99. The van der Waals surface area contributed by atoms with E-state index in [1.807, 2.05) is 0 Å². The molecule has 0 aromatic heterocycles. The van der Waals surface area contributed by atoms with E-state index in [2.05, 4.69) is 0 Å². The number of aliphatic carboxylic acids is 1. The highest BCUT2D eigenvalue weighted by Crippen LogP contribution is 2.24. The van der Waals surface area contributed by atoms with Gasteiger partial charge in [0, 0.05) is 0 Å². The van der Waals surface area contributed by atoms with Crippen LogP contribution in [0.15, 0.2) is 53.4 Å². The lowest BCUT2D eigenvalue weighted by Gasteiger charge is -2.22. The number of hydrogen-bond acceptors (Lipinski definition) is 4. The number of carboxylic acids is 2. The van der Waals surface area contributed by atoms with Crippen LogP contribution in [0, 0.1) is 5.82 Å². The zero-order valence-electron chi connectivity index (χ0n) is 12.1. The minimum absolute atomic E-state index is 0.0216. The van der Waals surface area contributed by atoms with Crippen molar-refractivity contribution in [2.24, 2.45) is 0 Å². The fraction of sp³-hybridized carbons (Fsp3) is 0.0667. The van der Waals surface area contributed by atoms with Gasteiger partial charge in [0.2, 0.25) is 0 Å². The molecule has 9 heteroatoms. The summed E-state index contributed by atoms with van der Waals surface area (Å²) in [5.74, 6) is -3.24. The van der Waals surface area contributed by atoms with Crippen LogP contribution in [-0.4, -0.2) is 37.1 Å². The maximum Gasteiger partial charge on any atom is 0.335 e. The van der Waals surface area contributed by atoms with Gasteiger partial charge in [-0.1, -0.05) is 0 Å². The molecule has 0 fully saturated rings. The molecule has 2 aromatic rings. The normalized spacial score (nSPS) is 11.0. The van der Waals surface area contributed by atoms with Crippen LogP contribution in [0.1, 0.15) is 10.4 Å². The van der Waals surface area contributed by atoms with Gasteiger partial charge in [0.15, 0.2) is 0 Å². The number of anilines is 1. The van der Waals surface area contributed by atoms with Crippen molar-refractivity contribution < 1.29 is 32.6 Å². The topological polar surface area (TPSA) is 112 Å². The van der Waals surface area contributed by atoms with Gasteiger partial charge >= 0.3 is 11.9 Å². The Labute approximate surface area is 136 Å². The van der Waals surface area contributed by atoms with E-state index in [0.717, 1.165) is 36.4 Å². The molecule has 0 spiro atoms. The number of nitrogens with zero attached hydrogens (tertiary/aromatic N) is 1. The summed E-state index contributed by atoms with van der Waals surface area (Å²) >= 11 is 0. The lowest BCUT2D eigenvalue weighted by Crippen LogP contribution is -2.35. The van der Waals surface area contributed by atoms with Gasteiger partial charge in [-0.05, 0) is 48.5 Å². The number of carbonyl (C=O) groups is 2. The number of rotatable bonds is 6. The van der Waals surface area contributed by atoms with Crippen LogP contribution in [0.25, 0.3) is 0 Å². The zero-order valence-corrected chi connectivity index (χ0v) is 12.9. The standard InChI is InChI=1S/C15H12FNO6S/c16-11-3-7-13(8-4-11)24(22,23)17(9-14(18)19)12-5-1-10(2-6-12)15(20)21/h1-8H,9H2,(H,18,19)(H,20,21). The largest absolute Gasteiger partial charge is 0.480 e. The molecule has 0 radical (unpaired) electrons. The van der Waals surface area contributed by atoms with E-state index >= 15 is 0 Å². The second kappa shape index (κ2) is 6.67. The van der Waals surface area contributed by atoms with Gasteiger partial charge in [0.1, 0.15) is 12.4 Å². The van der Waals surface area contributed by atoms with Crippen molar-refractivity contribution in [2.75, 3.05) is 10.8 Å². The van der Waals surface area contributed by atoms with Gasteiger partial charge in [-0.2, -0.15) is 0 Å². The second-order valence-corrected chi connectivity index (χ2v) is 6.57. The number of halogens is 1. The number of carboxylic acid groups (broad SMARTS) is 2. The van der Waals surface area contributed by atoms with E-state index in [1.165, 1.54) is 12.1 Å². The van der Waals surface area contributed by atoms with Crippen LogP contribution in [0.4, 0.5) is 10.1 Å². The average Bonchev–Trinajstić information content (AvgIpc) is 2.53. The van der Waals surface area contributed by atoms with Gasteiger partial charge in [0.05, 0.1) is 16.1 Å². The fourth-order valence-corrected chi connectivity index (χ4v) is 3.36. The Kier molecular flexibility index (Phi) is 4.84. The molecule has 2 rings (SSSR count). The van der Waals surface area contributed by atoms with E-state index < -0.39 is 34.3 Å². The third kappa shape index (κ3) is 3.69. The first-order valence-electron chi connectivity index (χ1n) is 6.55. The molecule has 0 aliphatic rings. The predicted octanol–water partition coefficient (Wildman–Crippen LogP) is 1.80. The molecule has 0 heterocycles. The van der Waals surface area contributed by atoms with Crippen molar-refractivity contribution in [1.82, 2.24) is 0 Å². The molecule has 0 aliphatic carbocycles.